The molecule has 1 heterocycles. The summed E-state index contributed by atoms with van der Waals surface area (Å²) >= 11 is 0. The van der Waals surface area contributed by atoms with Crippen LogP contribution in [-0.4, -0.2) is 35.0 Å². The van der Waals surface area contributed by atoms with Crippen LogP contribution < -0.4 is 5.73 Å². The van der Waals surface area contributed by atoms with Gasteiger partial charge in [-0.3, -0.25) is 0 Å². The van der Waals surface area contributed by atoms with Crippen LogP contribution in [0.1, 0.15) is 17.3 Å². The number of hydrogen-bond acceptors (Lipinski definition) is 6. The number of rotatable bonds is 6. The number of aromatic hydroxyl groups is 1. The standard InChI is InChI=1S/C13H17N3O3/c1-18-11(8-14)7-13-15-12(16-19-13)6-9-2-4-10(17)5-3-9/h2-5,11,17H,6-8,14H2,1H3. The van der Waals surface area contributed by atoms with E-state index in [0.29, 0.717) is 31.1 Å². The average Bonchev–Trinajstić information content (AvgIpc) is 2.86. The van der Waals surface area contributed by atoms with E-state index in [1.165, 1.54) is 0 Å². The van der Waals surface area contributed by atoms with Crippen molar-refractivity contribution in [2.75, 3.05) is 13.7 Å². The second-order valence-corrected chi connectivity index (χ2v) is 4.25. The lowest BCUT2D eigenvalue weighted by molar-refractivity contribution is 0.102. The maximum Gasteiger partial charge on any atom is 0.229 e. The van der Waals surface area contributed by atoms with Crippen molar-refractivity contribution in [3.8, 4) is 5.75 Å². The van der Waals surface area contributed by atoms with Gasteiger partial charge in [0, 0.05) is 20.1 Å². The van der Waals surface area contributed by atoms with Gasteiger partial charge in [0.15, 0.2) is 5.82 Å². The van der Waals surface area contributed by atoms with Crippen LogP contribution in [0.3, 0.4) is 0 Å². The minimum Gasteiger partial charge on any atom is -0.508 e. The second-order valence-electron chi connectivity index (χ2n) is 4.25. The fraction of sp³-hybridized carbons (Fsp3) is 0.385. The Morgan fingerprint density at radius 2 is 2.11 bits per heavy atom. The first-order valence-corrected chi connectivity index (χ1v) is 6.03. The molecule has 1 aromatic heterocycles. The van der Waals surface area contributed by atoms with Crippen molar-refractivity contribution < 1.29 is 14.4 Å². The molecule has 1 atom stereocenters. The van der Waals surface area contributed by atoms with Crippen LogP contribution in [0.4, 0.5) is 0 Å². The van der Waals surface area contributed by atoms with E-state index in [2.05, 4.69) is 10.1 Å². The lowest BCUT2D eigenvalue weighted by Crippen LogP contribution is -2.24. The zero-order valence-corrected chi connectivity index (χ0v) is 10.7. The van der Waals surface area contributed by atoms with Crippen molar-refractivity contribution in [1.82, 2.24) is 10.1 Å². The van der Waals surface area contributed by atoms with E-state index in [9.17, 15) is 5.11 Å². The van der Waals surface area contributed by atoms with Gasteiger partial charge in [0.05, 0.1) is 12.5 Å². The van der Waals surface area contributed by atoms with Crippen molar-refractivity contribution in [3.05, 3.63) is 41.5 Å². The fourth-order valence-electron chi connectivity index (χ4n) is 1.70. The topological polar surface area (TPSA) is 94.4 Å². The fourth-order valence-corrected chi connectivity index (χ4v) is 1.70. The quantitative estimate of drug-likeness (QED) is 0.803. The number of aromatic nitrogens is 2. The third-order valence-electron chi connectivity index (χ3n) is 2.81. The van der Waals surface area contributed by atoms with Gasteiger partial charge in [-0.05, 0) is 17.7 Å². The summed E-state index contributed by atoms with van der Waals surface area (Å²) in [6.45, 7) is 0.409. The number of methoxy groups -OCH3 is 1. The van der Waals surface area contributed by atoms with Gasteiger partial charge in [-0.1, -0.05) is 17.3 Å². The summed E-state index contributed by atoms with van der Waals surface area (Å²) in [5, 5.41) is 13.1. The van der Waals surface area contributed by atoms with Gasteiger partial charge in [0.1, 0.15) is 5.75 Å². The van der Waals surface area contributed by atoms with Gasteiger partial charge in [0.25, 0.3) is 0 Å². The van der Waals surface area contributed by atoms with Gasteiger partial charge in [-0.2, -0.15) is 4.98 Å². The average molecular weight is 263 g/mol. The van der Waals surface area contributed by atoms with Gasteiger partial charge < -0.3 is 20.1 Å². The third-order valence-corrected chi connectivity index (χ3v) is 2.81. The van der Waals surface area contributed by atoms with E-state index in [1.54, 1.807) is 19.2 Å². The first kappa shape index (κ1) is 13.5. The van der Waals surface area contributed by atoms with Crippen LogP contribution in [0.5, 0.6) is 5.75 Å². The Morgan fingerprint density at radius 1 is 1.37 bits per heavy atom. The predicted molar refractivity (Wildman–Crippen MR) is 68.8 cm³/mol. The Hall–Kier alpha value is -1.92. The highest BCUT2D eigenvalue weighted by molar-refractivity contribution is 5.27. The number of hydrogen-bond donors (Lipinski definition) is 2. The summed E-state index contributed by atoms with van der Waals surface area (Å²) in [5.74, 6) is 1.36. The Balaban J connectivity index is 1.99. The van der Waals surface area contributed by atoms with Crippen molar-refractivity contribution >= 4 is 0 Å². The van der Waals surface area contributed by atoms with Crippen LogP contribution in [0.2, 0.25) is 0 Å². The molecule has 0 aliphatic rings. The number of benzene rings is 1. The van der Waals surface area contributed by atoms with Crippen LogP contribution in [-0.2, 0) is 17.6 Å². The predicted octanol–water partition coefficient (Wildman–Crippen LogP) is 0.882. The van der Waals surface area contributed by atoms with Gasteiger partial charge in [-0.15, -0.1) is 0 Å². The van der Waals surface area contributed by atoms with E-state index in [-0.39, 0.29) is 11.9 Å². The van der Waals surface area contributed by atoms with Crippen LogP contribution >= 0.6 is 0 Å². The highest BCUT2D eigenvalue weighted by atomic mass is 16.5. The molecule has 0 fully saturated rings. The van der Waals surface area contributed by atoms with Crippen LogP contribution in [0, 0.1) is 0 Å². The summed E-state index contributed by atoms with van der Waals surface area (Å²) in [4.78, 5) is 4.29. The molecule has 1 unspecified atom stereocenters. The Kier molecular flexibility index (Phi) is 4.48. The molecule has 0 spiro atoms. The minimum absolute atomic E-state index is 0.109. The van der Waals surface area contributed by atoms with E-state index in [1.807, 2.05) is 12.1 Å². The number of phenolic OH excluding ortho intramolecular Hbond substituents is 1. The van der Waals surface area contributed by atoms with Gasteiger partial charge in [0.2, 0.25) is 5.89 Å². The number of phenols is 1. The molecule has 0 saturated carbocycles. The molecule has 0 bridgehead atoms. The normalized spacial score (nSPS) is 12.5. The van der Waals surface area contributed by atoms with E-state index < -0.39 is 0 Å². The Labute approximate surface area is 111 Å². The SMILES string of the molecule is COC(CN)Cc1nc(Cc2ccc(O)cc2)no1. The molecule has 0 aliphatic carbocycles. The summed E-state index contributed by atoms with van der Waals surface area (Å²) in [5.41, 5.74) is 6.54. The molecule has 2 rings (SSSR count). The lowest BCUT2D eigenvalue weighted by Gasteiger charge is -2.08. The van der Waals surface area contributed by atoms with Crippen molar-refractivity contribution in [1.29, 1.82) is 0 Å². The molecule has 6 nitrogen and oxygen atoms in total. The highest BCUT2D eigenvalue weighted by Crippen LogP contribution is 2.13. The van der Waals surface area contributed by atoms with E-state index in [0.717, 1.165) is 5.56 Å². The highest BCUT2D eigenvalue weighted by Gasteiger charge is 2.13. The molecule has 0 amide bonds. The van der Waals surface area contributed by atoms with Crippen molar-refractivity contribution in [2.24, 2.45) is 5.73 Å². The van der Waals surface area contributed by atoms with Crippen LogP contribution in [0.15, 0.2) is 28.8 Å². The Morgan fingerprint density at radius 3 is 2.74 bits per heavy atom. The van der Waals surface area contributed by atoms with E-state index >= 15 is 0 Å². The third kappa shape index (κ3) is 3.77. The molecule has 6 heteroatoms. The summed E-state index contributed by atoms with van der Waals surface area (Å²) in [7, 11) is 1.60. The molecular weight excluding hydrogens is 246 g/mol. The van der Waals surface area contributed by atoms with Gasteiger partial charge in [-0.25, -0.2) is 0 Å². The van der Waals surface area contributed by atoms with Crippen LogP contribution in [0.25, 0.3) is 0 Å². The molecule has 0 aliphatic heterocycles. The first-order valence-electron chi connectivity index (χ1n) is 6.03. The summed E-state index contributed by atoms with van der Waals surface area (Å²) in [6.07, 6.45) is 0.960. The largest absolute Gasteiger partial charge is 0.508 e. The second kappa shape index (κ2) is 6.31. The first-order chi connectivity index (χ1) is 9.21. The zero-order chi connectivity index (χ0) is 13.7. The number of ether oxygens (including phenoxy) is 1. The molecule has 2 aromatic rings. The van der Waals surface area contributed by atoms with Crippen molar-refractivity contribution in [3.63, 3.8) is 0 Å². The molecule has 0 saturated heterocycles. The smallest absolute Gasteiger partial charge is 0.229 e. The maximum atomic E-state index is 9.20. The maximum absolute atomic E-state index is 9.20. The zero-order valence-electron chi connectivity index (χ0n) is 10.7. The Bertz CT molecular complexity index is 506. The monoisotopic (exact) mass is 263 g/mol. The summed E-state index contributed by atoms with van der Waals surface area (Å²) < 4.78 is 10.3. The molecule has 1 aromatic carbocycles. The lowest BCUT2D eigenvalue weighted by atomic mass is 10.1. The summed E-state index contributed by atoms with van der Waals surface area (Å²) in [6, 6.07) is 6.91. The molecule has 19 heavy (non-hydrogen) atoms. The van der Waals surface area contributed by atoms with Crippen molar-refractivity contribution in [2.45, 2.75) is 18.9 Å². The number of nitrogens with two attached hydrogens (primary N) is 1. The molecule has 3 N–H and O–H groups in total. The molecule has 102 valence electrons. The van der Waals surface area contributed by atoms with E-state index in [4.69, 9.17) is 15.0 Å². The minimum atomic E-state index is -0.109. The molecule has 0 radical (unpaired) electrons. The number of nitrogens with zero attached hydrogens (tertiary/aromatic N) is 2. The molecular formula is C13H17N3O3. The van der Waals surface area contributed by atoms with Gasteiger partial charge >= 0.3 is 0 Å².